The molecule has 1 unspecified atom stereocenters. The fraction of sp³-hybridized carbons (Fsp3) is 0.357. The molecule has 0 radical (unpaired) electrons. The van der Waals surface area contributed by atoms with Crippen molar-refractivity contribution in [2.75, 3.05) is 13.7 Å². The molecule has 0 bridgehead atoms. The first-order valence-electron chi connectivity index (χ1n) is 5.73. The molecule has 0 fully saturated rings. The lowest BCUT2D eigenvalue weighted by Gasteiger charge is -2.23. The molecule has 1 aromatic carbocycles. The summed E-state index contributed by atoms with van der Waals surface area (Å²) in [5.41, 5.74) is 7.79. The average molecular weight is 230 g/mol. The van der Waals surface area contributed by atoms with Crippen LogP contribution in [0.2, 0.25) is 0 Å². The van der Waals surface area contributed by atoms with E-state index >= 15 is 0 Å². The van der Waals surface area contributed by atoms with Gasteiger partial charge in [0.25, 0.3) is 0 Å². The molecular formula is C14H18N2O. The van der Waals surface area contributed by atoms with Crippen molar-refractivity contribution in [2.24, 2.45) is 5.73 Å². The summed E-state index contributed by atoms with van der Waals surface area (Å²) >= 11 is 0. The molecule has 0 saturated carbocycles. The van der Waals surface area contributed by atoms with Gasteiger partial charge >= 0.3 is 0 Å². The molecule has 1 atom stereocenters. The largest absolute Gasteiger partial charge is 0.383 e. The van der Waals surface area contributed by atoms with Gasteiger partial charge in [-0.3, -0.25) is 4.98 Å². The van der Waals surface area contributed by atoms with E-state index in [0.717, 1.165) is 16.6 Å². The molecule has 3 heteroatoms. The number of rotatable bonds is 4. The lowest BCUT2D eigenvalue weighted by atomic mass is 9.97. The SMILES string of the molecule is COCC(C)(N)Cc1ccc2ccccc2n1. The number of ether oxygens (including phenoxy) is 1. The van der Waals surface area contributed by atoms with Crippen molar-refractivity contribution < 1.29 is 4.74 Å². The Hall–Kier alpha value is -1.45. The fourth-order valence-electron chi connectivity index (χ4n) is 2.00. The van der Waals surface area contributed by atoms with E-state index in [2.05, 4.69) is 17.1 Å². The Morgan fingerprint density at radius 1 is 1.24 bits per heavy atom. The minimum atomic E-state index is -0.371. The Bertz CT molecular complexity index is 508. The molecule has 2 rings (SSSR count). The van der Waals surface area contributed by atoms with E-state index in [1.54, 1.807) is 7.11 Å². The monoisotopic (exact) mass is 230 g/mol. The van der Waals surface area contributed by atoms with E-state index in [-0.39, 0.29) is 5.54 Å². The zero-order chi connectivity index (χ0) is 12.3. The molecule has 17 heavy (non-hydrogen) atoms. The van der Waals surface area contributed by atoms with Crippen molar-refractivity contribution >= 4 is 10.9 Å². The lowest BCUT2D eigenvalue weighted by Crippen LogP contribution is -2.43. The molecule has 90 valence electrons. The number of methoxy groups -OCH3 is 1. The van der Waals surface area contributed by atoms with Crippen LogP contribution >= 0.6 is 0 Å². The van der Waals surface area contributed by atoms with Gasteiger partial charge in [-0.25, -0.2) is 0 Å². The maximum absolute atomic E-state index is 6.14. The summed E-state index contributed by atoms with van der Waals surface area (Å²) in [5.74, 6) is 0. The predicted molar refractivity (Wildman–Crippen MR) is 69.9 cm³/mol. The van der Waals surface area contributed by atoms with E-state index in [4.69, 9.17) is 10.5 Å². The van der Waals surface area contributed by atoms with Gasteiger partial charge in [-0.1, -0.05) is 24.3 Å². The summed E-state index contributed by atoms with van der Waals surface area (Å²) in [4.78, 5) is 4.61. The maximum atomic E-state index is 6.14. The summed E-state index contributed by atoms with van der Waals surface area (Å²) < 4.78 is 5.11. The number of aromatic nitrogens is 1. The minimum Gasteiger partial charge on any atom is -0.383 e. The third kappa shape index (κ3) is 3.02. The average Bonchev–Trinajstić information content (AvgIpc) is 2.28. The number of hydrogen-bond donors (Lipinski definition) is 1. The minimum absolute atomic E-state index is 0.371. The highest BCUT2D eigenvalue weighted by Crippen LogP contribution is 2.15. The van der Waals surface area contributed by atoms with Gasteiger partial charge < -0.3 is 10.5 Å². The fourth-order valence-corrected chi connectivity index (χ4v) is 2.00. The molecule has 0 aliphatic carbocycles. The standard InChI is InChI=1S/C14H18N2O/c1-14(15,10-17-2)9-12-8-7-11-5-3-4-6-13(11)16-12/h3-8H,9-10,15H2,1-2H3. The Morgan fingerprint density at radius 3 is 2.76 bits per heavy atom. The second kappa shape index (κ2) is 4.82. The number of benzene rings is 1. The molecule has 0 saturated heterocycles. The van der Waals surface area contributed by atoms with Gasteiger partial charge in [-0.05, 0) is 19.1 Å². The quantitative estimate of drug-likeness (QED) is 0.875. The third-order valence-electron chi connectivity index (χ3n) is 2.72. The van der Waals surface area contributed by atoms with Crippen molar-refractivity contribution in [3.05, 3.63) is 42.1 Å². The summed E-state index contributed by atoms with van der Waals surface area (Å²) in [7, 11) is 1.67. The van der Waals surface area contributed by atoms with Gasteiger partial charge in [0.1, 0.15) is 0 Å². The van der Waals surface area contributed by atoms with Crippen LogP contribution in [0, 0.1) is 0 Å². The Kier molecular flexibility index (Phi) is 3.41. The molecule has 3 nitrogen and oxygen atoms in total. The first kappa shape index (κ1) is 12.0. The topological polar surface area (TPSA) is 48.1 Å². The molecule has 0 aliphatic heterocycles. The normalized spacial score (nSPS) is 14.8. The summed E-state index contributed by atoms with van der Waals surface area (Å²) in [6.45, 7) is 2.51. The van der Waals surface area contributed by atoms with E-state index in [9.17, 15) is 0 Å². The Labute approximate surface area is 102 Å². The maximum Gasteiger partial charge on any atom is 0.0705 e. The van der Waals surface area contributed by atoms with Crippen molar-refractivity contribution in [3.63, 3.8) is 0 Å². The first-order chi connectivity index (χ1) is 8.11. The number of hydrogen-bond acceptors (Lipinski definition) is 3. The van der Waals surface area contributed by atoms with Crippen molar-refractivity contribution in [3.8, 4) is 0 Å². The van der Waals surface area contributed by atoms with Gasteiger partial charge in [0.05, 0.1) is 12.1 Å². The van der Waals surface area contributed by atoms with Gasteiger partial charge in [0.2, 0.25) is 0 Å². The lowest BCUT2D eigenvalue weighted by molar-refractivity contribution is 0.140. The van der Waals surface area contributed by atoms with Crippen LogP contribution in [-0.2, 0) is 11.2 Å². The number of para-hydroxylation sites is 1. The van der Waals surface area contributed by atoms with Crippen LogP contribution in [0.1, 0.15) is 12.6 Å². The molecule has 1 aromatic heterocycles. The molecule has 0 aliphatic rings. The molecule has 1 heterocycles. The van der Waals surface area contributed by atoms with Gasteiger partial charge in [-0.2, -0.15) is 0 Å². The van der Waals surface area contributed by atoms with Gasteiger partial charge in [0, 0.05) is 30.1 Å². The van der Waals surface area contributed by atoms with E-state index in [0.29, 0.717) is 13.0 Å². The molecule has 0 amide bonds. The van der Waals surface area contributed by atoms with Crippen LogP contribution in [0.25, 0.3) is 10.9 Å². The zero-order valence-corrected chi connectivity index (χ0v) is 10.3. The second-order valence-corrected chi connectivity index (χ2v) is 4.76. The third-order valence-corrected chi connectivity index (χ3v) is 2.72. The van der Waals surface area contributed by atoms with Crippen molar-refractivity contribution in [2.45, 2.75) is 18.9 Å². The van der Waals surface area contributed by atoms with Crippen LogP contribution in [-0.4, -0.2) is 24.2 Å². The van der Waals surface area contributed by atoms with Crippen LogP contribution in [0.15, 0.2) is 36.4 Å². The van der Waals surface area contributed by atoms with Gasteiger partial charge in [-0.15, -0.1) is 0 Å². The molecule has 2 aromatic rings. The smallest absolute Gasteiger partial charge is 0.0705 e. The molecule has 0 spiro atoms. The molecule has 2 N–H and O–H groups in total. The van der Waals surface area contributed by atoms with Gasteiger partial charge in [0.15, 0.2) is 0 Å². The van der Waals surface area contributed by atoms with Crippen LogP contribution in [0.5, 0.6) is 0 Å². The van der Waals surface area contributed by atoms with E-state index < -0.39 is 0 Å². The highest BCUT2D eigenvalue weighted by molar-refractivity contribution is 5.78. The predicted octanol–water partition coefficient (Wildman–Crippen LogP) is 2.14. The number of nitrogens with two attached hydrogens (primary N) is 1. The van der Waals surface area contributed by atoms with E-state index in [1.165, 1.54) is 0 Å². The summed E-state index contributed by atoms with van der Waals surface area (Å²) in [6.07, 6.45) is 0.714. The van der Waals surface area contributed by atoms with E-state index in [1.807, 2.05) is 31.2 Å². The zero-order valence-electron chi connectivity index (χ0n) is 10.3. The second-order valence-electron chi connectivity index (χ2n) is 4.76. The van der Waals surface area contributed by atoms with Crippen LogP contribution < -0.4 is 5.73 Å². The van der Waals surface area contributed by atoms with Crippen LogP contribution in [0.4, 0.5) is 0 Å². The highest BCUT2D eigenvalue weighted by atomic mass is 16.5. The summed E-state index contributed by atoms with van der Waals surface area (Å²) in [5, 5.41) is 1.15. The summed E-state index contributed by atoms with van der Waals surface area (Å²) in [6, 6.07) is 12.2. The van der Waals surface area contributed by atoms with Crippen molar-refractivity contribution in [1.82, 2.24) is 4.98 Å². The number of pyridine rings is 1. The number of fused-ring (bicyclic) bond motifs is 1. The van der Waals surface area contributed by atoms with Crippen molar-refractivity contribution in [1.29, 1.82) is 0 Å². The Morgan fingerprint density at radius 2 is 2.00 bits per heavy atom. The molecular weight excluding hydrogens is 212 g/mol. The van der Waals surface area contributed by atoms with Crippen LogP contribution in [0.3, 0.4) is 0 Å². The first-order valence-corrected chi connectivity index (χ1v) is 5.73. The Balaban J connectivity index is 2.25. The highest BCUT2D eigenvalue weighted by Gasteiger charge is 2.19. The number of nitrogens with zero attached hydrogens (tertiary/aromatic N) is 1.